The highest BCUT2D eigenvalue weighted by atomic mass is 16.6. The Balaban J connectivity index is 4.25. The average Bonchev–Trinajstić information content (AvgIpc) is 3.36. The summed E-state index contributed by atoms with van der Waals surface area (Å²) >= 11 is 0. The van der Waals surface area contributed by atoms with Gasteiger partial charge in [-0.25, -0.2) is 0 Å². The first-order valence-electron chi connectivity index (χ1n) is 32.2. The molecule has 2 unspecified atom stereocenters. The SMILES string of the molecule is CCC(C)CCCCCCCCCCCCCCCCCCCCC(=O)OC[C@@H](COC(=O)CCCCCCCCCCCCC(C)C)OC(=O)CCCCCCCCCCCCCCCCC(C)CC. The highest BCUT2D eigenvalue weighted by molar-refractivity contribution is 5.71. The summed E-state index contributed by atoms with van der Waals surface area (Å²) in [4.78, 5) is 38.3. The van der Waals surface area contributed by atoms with E-state index in [0.717, 1.165) is 75.5 Å². The van der Waals surface area contributed by atoms with Gasteiger partial charge in [-0.2, -0.15) is 0 Å². The summed E-state index contributed by atoms with van der Waals surface area (Å²) in [6, 6.07) is 0. The lowest BCUT2D eigenvalue weighted by molar-refractivity contribution is -0.167. The lowest BCUT2D eigenvalue weighted by Crippen LogP contribution is -2.30. The number of unbranched alkanes of at least 4 members (excludes halogenated alkanes) is 39. The molecule has 0 aliphatic rings. The summed E-state index contributed by atoms with van der Waals surface area (Å²) in [6.07, 6.45) is 60.9. The van der Waals surface area contributed by atoms with E-state index in [2.05, 4.69) is 41.5 Å². The fraction of sp³-hybridized carbons (Fsp3) is 0.954. The molecule has 0 aromatic carbocycles. The van der Waals surface area contributed by atoms with E-state index in [0.29, 0.717) is 19.3 Å². The molecule has 0 aromatic heterocycles. The summed E-state index contributed by atoms with van der Waals surface area (Å²) in [5.74, 6) is 1.79. The van der Waals surface area contributed by atoms with Gasteiger partial charge in [-0.1, -0.05) is 324 Å². The van der Waals surface area contributed by atoms with Gasteiger partial charge in [0, 0.05) is 19.3 Å². The number of hydrogen-bond donors (Lipinski definition) is 0. The van der Waals surface area contributed by atoms with Crippen molar-refractivity contribution in [2.45, 2.75) is 369 Å². The lowest BCUT2D eigenvalue weighted by atomic mass is 9.99. The van der Waals surface area contributed by atoms with E-state index >= 15 is 0 Å². The zero-order valence-corrected chi connectivity index (χ0v) is 49.0. The van der Waals surface area contributed by atoms with Crippen molar-refractivity contribution in [2.75, 3.05) is 13.2 Å². The molecular weight excluding hydrogens is 877 g/mol. The lowest BCUT2D eigenvalue weighted by Gasteiger charge is -2.18. The van der Waals surface area contributed by atoms with Crippen LogP contribution in [0.4, 0.5) is 0 Å². The summed E-state index contributed by atoms with van der Waals surface area (Å²) in [6.45, 7) is 13.9. The average molecular weight is 1000 g/mol. The Kier molecular flexibility index (Phi) is 54.9. The van der Waals surface area contributed by atoms with Crippen molar-refractivity contribution in [2.24, 2.45) is 17.8 Å². The van der Waals surface area contributed by atoms with Crippen molar-refractivity contribution in [3.63, 3.8) is 0 Å². The molecule has 0 amide bonds. The maximum atomic E-state index is 12.9. The van der Waals surface area contributed by atoms with E-state index < -0.39 is 6.10 Å². The molecule has 0 heterocycles. The van der Waals surface area contributed by atoms with Crippen LogP contribution in [0.5, 0.6) is 0 Å². The van der Waals surface area contributed by atoms with E-state index in [-0.39, 0.29) is 31.1 Å². The van der Waals surface area contributed by atoms with Crippen molar-refractivity contribution in [3.8, 4) is 0 Å². The van der Waals surface area contributed by atoms with Crippen LogP contribution in [0, 0.1) is 17.8 Å². The molecule has 0 saturated carbocycles. The Bertz CT molecular complexity index is 1110. The quantitative estimate of drug-likeness (QED) is 0.0343. The van der Waals surface area contributed by atoms with Crippen LogP contribution in [0.25, 0.3) is 0 Å². The van der Waals surface area contributed by atoms with Gasteiger partial charge in [0.05, 0.1) is 0 Å². The normalized spacial score (nSPS) is 12.9. The highest BCUT2D eigenvalue weighted by Gasteiger charge is 2.19. The van der Waals surface area contributed by atoms with Crippen LogP contribution in [0.2, 0.25) is 0 Å². The topological polar surface area (TPSA) is 78.9 Å². The number of esters is 3. The first kappa shape index (κ1) is 69.4. The fourth-order valence-corrected chi connectivity index (χ4v) is 10.00. The molecule has 0 fully saturated rings. The van der Waals surface area contributed by atoms with Crippen molar-refractivity contribution in [1.29, 1.82) is 0 Å². The van der Waals surface area contributed by atoms with Gasteiger partial charge in [-0.15, -0.1) is 0 Å². The molecule has 0 bridgehead atoms. The molecule has 6 heteroatoms. The zero-order valence-electron chi connectivity index (χ0n) is 49.0. The van der Waals surface area contributed by atoms with Crippen molar-refractivity contribution < 1.29 is 28.6 Å². The van der Waals surface area contributed by atoms with Gasteiger partial charge in [0.1, 0.15) is 13.2 Å². The zero-order chi connectivity index (χ0) is 51.9. The van der Waals surface area contributed by atoms with Crippen molar-refractivity contribution in [1.82, 2.24) is 0 Å². The molecule has 422 valence electrons. The minimum atomic E-state index is -0.765. The highest BCUT2D eigenvalue weighted by Crippen LogP contribution is 2.20. The van der Waals surface area contributed by atoms with Crippen molar-refractivity contribution >= 4 is 17.9 Å². The van der Waals surface area contributed by atoms with Gasteiger partial charge in [0.25, 0.3) is 0 Å². The predicted molar refractivity (Wildman–Crippen MR) is 307 cm³/mol. The first-order chi connectivity index (χ1) is 34.7. The number of ether oxygens (including phenoxy) is 3. The summed E-state index contributed by atoms with van der Waals surface area (Å²) in [7, 11) is 0. The molecule has 0 aliphatic carbocycles. The van der Waals surface area contributed by atoms with E-state index in [1.165, 1.54) is 244 Å². The van der Waals surface area contributed by atoms with Crippen molar-refractivity contribution in [3.05, 3.63) is 0 Å². The predicted octanol–water partition coefficient (Wildman–Crippen LogP) is 21.5. The molecule has 71 heavy (non-hydrogen) atoms. The first-order valence-corrected chi connectivity index (χ1v) is 32.2. The Morgan fingerprint density at radius 3 is 0.732 bits per heavy atom. The molecule has 0 spiro atoms. The largest absolute Gasteiger partial charge is 0.462 e. The van der Waals surface area contributed by atoms with Gasteiger partial charge in [0.15, 0.2) is 6.10 Å². The second-order valence-electron chi connectivity index (χ2n) is 23.4. The Morgan fingerprint density at radius 2 is 0.493 bits per heavy atom. The number of carbonyl (C=O) groups is 3. The monoisotopic (exact) mass is 1000 g/mol. The summed E-state index contributed by atoms with van der Waals surface area (Å²) in [5, 5.41) is 0. The smallest absolute Gasteiger partial charge is 0.306 e. The minimum Gasteiger partial charge on any atom is -0.462 e. The van der Waals surface area contributed by atoms with E-state index in [1.807, 2.05) is 0 Å². The van der Waals surface area contributed by atoms with Crippen LogP contribution in [-0.2, 0) is 28.6 Å². The second-order valence-corrected chi connectivity index (χ2v) is 23.4. The third-order valence-corrected chi connectivity index (χ3v) is 15.6. The standard InChI is InChI=1S/C65H126O6/c1-7-60(5)52-46-40-34-28-21-17-13-11-9-10-12-14-19-23-30-36-42-48-54-63(66)69-57-62(58-70-64(67)55-49-43-37-31-26-25-27-33-39-45-51-59(3)4)71-65(68)56-50-44-38-32-24-20-16-15-18-22-29-35-41-47-53-61(6)8-2/h59-62H,7-58H2,1-6H3/t60?,61?,62-/m0/s1. The van der Waals surface area contributed by atoms with Crippen LogP contribution in [0.3, 0.4) is 0 Å². The van der Waals surface area contributed by atoms with Gasteiger partial charge >= 0.3 is 17.9 Å². The van der Waals surface area contributed by atoms with Gasteiger partial charge < -0.3 is 14.2 Å². The maximum Gasteiger partial charge on any atom is 0.306 e. The summed E-state index contributed by atoms with van der Waals surface area (Å²) < 4.78 is 17.0. The molecule has 6 nitrogen and oxygen atoms in total. The van der Waals surface area contributed by atoms with E-state index in [9.17, 15) is 14.4 Å². The number of carbonyl (C=O) groups excluding carboxylic acids is 3. The maximum absolute atomic E-state index is 12.9. The second kappa shape index (κ2) is 56.1. The van der Waals surface area contributed by atoms with Gasteiger partial charge in [-0.3, -0.25) is 14.4 Å². The number of hydrogen-bond acceptors (Lipinski definition) is 6. The molecule has 0 saturated heterocycles. The molecule has 0 aliphatic heterocycles. The molecular formula is C65H126O6. The van der Waals surface area contributed by atoms with Crippen LogP contribution >= 0.6 is 0 Å². The fourth-order valence-electron chi connectivity index (χ4n) is 10.00. The molecule has 0 radical (unpaired) electrons. The minimum absolute atomic E-state index is 0.0628. The van der Waals surface area contributed by atoms with Crippen LogP contribution in [0.1, 0.15) is 363 Å². The third-order valence-electron chi connectivity index (χ3n) is 15.6. The Labute approximate surface area is 444 Å². The molecule has 0 rings (SSSR count). The number of rotatable bonds is 58. The molecule has 0 aromatic rings. The van der Waals surface area contributed by atoms with Crippen LogP contribution < -0.4 is 0 Å². The summed E-state index contributed by atoms with van der Waals surface area (Å²) in [5.41, 5.74) is 0. The molecule has 3 atom stereocenters. The third kappa shape index (κ3) is 56.0. The van der Waals surface area contributed by atoms with Gasteiger partial charge in [0.2, 0.25) is 0 Å². The van der Waals surface area contributed by atoms with E-state index in [4.69, 9.17) is 14.2 Å². The Hall–Kier alpha value is -1.59. The van der Waals surface area contributed by atoms with Gasteiger partial charge in [-0.05, 0) is 37.0 Å². The van der Waals surface area contributed by atoms with E-state index in [1.54, 1.807) is 0 Å². The van der Waals surface area contributed by atoms with Crippen LogP contribution in [-0.4, -0.2) is 37.2 Å². The molecule has 0 N–H and O–H groups in total. The Morgan fingerprint density at radius 1 is 0.282 bits per heavy atom. The van der Waals surface area contributed by atoms with Crippen LogP contribution in [0.15, 0.2) is 0 Å².